The predicted octanol–water partition coefficient (Wildman–Crippen LogP) is 16.2. The van der Waals surface area contributed by atoms with E-state index in [9.17, 15) is 20.1 Å². The summed E-state index contributed by atoms with van der Waals surface area (Å²) in [4.78, 5) is 28.6. The molecule has 8 aliphatic carbocycles. The van der Waals surface area contributed by atoms with Crippen LogP contribution >= 0.6 is 0 Å². The zero-order valence-corrected chi connectivity index (χ0v) is 52.7. The van der Waals surface area contributed by atoms with E-state index < -0.39 is 58.4 Å². The van der Waals surface area contributed by atoms with Gasteiger partial charge >= 0.3 is 11.9 Å². The molecular formula is C81H96O7. The molecule has 15 rings (SSSR count). The number of carbonyl (C=O) groups is 2. The van der Waals surface area contributed by atoms with Gasteiger partial charge in [0.1, 0.15) is 12.7 Å². The van der Waals surface area contributed by atoms with Gasteiger partial charge < -0.3 is 24.8 Å². The fraction of sp³-hybridized carbons (Fsp3) is 0.580. The molecule has 7 nitrogen and oxygen atoms in total. The number of hydrogen-bond donors (Lipinski definition) is 3. The van der Waals surface area contributed by atoms with E-state index in [0.29, 0.717) is 68.1 Å². The van der Waals surface area contributed by atoms with Gasteiger partial charge in [0.25, 0.3) is 0 Å². The van der Waals surface area contributed by atoms with Gasteiger partial charge in [-0.15, -0.1) is 0 Å². The number of cyclic esters (lactones) is 1. The van der Waals surface area contributed by atoms with Crippen molar-refractivity contribution in [3.8, 4) is 11.8 Å². The van der Waals surface area contributed by atoms with Gasteiger partial charge in [-0.05, 0) is 236 Å². The summed E-state index contributed by atoms with van der Waals surface area (Å²) in [5, 5.41) is 45.9. The number of esters is 2. The van der Waals surface area contributed by atoms with E-state index in [1.165, 1.54) is 72.4 Å². The smallest absolute Gasteiger partial charge is 0.331 e. The van der Waals surface area contributed by atoms with E-state index in [1.807, 2.05) is 0 Å². The first-order valence-electron chi connectivity index (χ1n) is 35.1. The minimum Gasteiger partial charge on any atom is -0.462 e. The van der Waals surface area contributed by atoms with Gasteiger partial charge in [-0.1, -0.05) is 173 Å². The van der Waals surface area contributed by atoms with Crippen molar-refractivity contribution >= 4 is 22.7 Å². The van der Waals surface area contributed by atoms with E-state index in [-0.39, 0.29) is 53.6 Å². The van der Waals surface area contributed by atoms with Crippen LogP contribution in [0.1, 0.15) is 207 Å². The normalized spacial score (nSPS) is 40.0. The molecule has 462 valence electrons. The van der Waals surface area contributed by atoms with Crippen LogP contribution in [0.2, 0.25) is 0 Å². The highest BCUT2D eigenvalue weighted by Crippen LogP contribution is 2.77. The van der Waals surface area contributed by atoms with Crippen molar-refractivity contribution in [1.82, 2.24) is 0 Å². The molecule has 0 aromatic heterocycles. The first kappa shape index (κ1) is 58.8. The molecule has 7 heteroatoms. The first-order chi connectivity index (χ1) is 42.7. The lowest BCUT2D eigenvalue weighted by atomic mass is 9.36. The number of hydrogen-bond acceptors (Lipinski definition) is 7. The van der Waals surface area contributed by atoms with Crippen molar-refractivity contribution in [2.45, 2.75) is 216 Å². The van der Waals surface area contributed by atoms with E-state index in [0.717, 1.165) is 63.4 Å². The summed E-state index contributed by atoms with van der Waals surface area (Å²) in [5.74, 6) is 7.14. The highest BCUT2D eigenvalue weighted by Gasteiger charge is 2.76. The Morgan fingerprint density at radius 3 is 2.28 bits per heavy atom. The number of benzene rings is 5. The maximum absolute atomic E-state index is 15.9. The number of fused-ring (bicyclic) bond motifs is 4. The molecule has 5 aromatic carbocycles. The summed E-state index contributed by atoms with van der Waals surface area (Å²) >= 11 is 0. The largest absolute Gasteiger partial charge is 0.462 e. The van der Waals surface area contributed by atoms with Gasteiger partial charge in [0, 0.05) is 29.2 Å². The van der Waals surface area contributed by atoms with Crippen molar-refractivity contribution in [1.29, 1.82) is 0 Å². The summed E-state index contributed by atoms with van der Waals surface area (Å²) in [6.45, 7) is 7.02. The van der Waals surface area contributed by atoms with Crippen molar-refractivity contribution in [3.63, 3.8) is 0 Å². The summed E-state index contributed by atoms with van der Waals surface area (Å²) in [7, 11) is 0. The number of aliphatic hydroxyl groups is 3. The van der Waals surface area contributed by atoms with Gasteiger partial charge in [0.15, 0.2) is 0 Å². The Morgan fingerprint density at radius 2 is 1.50 bits per heavy atom. The fourth-order valence-electron chi connectivity index (χ4n) is 23.3. The maximum atomic E-state index is 15.9. The van der Waals surface area contributed by atoms with Gasteiger partial charge in [-0.25, -0.2) is 4.79 Å². The van der Waals surface area contributed by atoms with Gasteiger partial charge in [-0.2, -0.15) is 0 Å². The molecule has 2 bridgehead atoms. The standard InChI is InChI=1S/C81H96O7/c1-51(17-15-22-53-18-7-4-8-19-53)43-59-31-30-57-29-28-55(45-54-20-9-5-10-21-54)46-65(57)76(85)88-68-44-52(2)80(86,42-34-56-47-70(83)87-50-56)81(75(59)84)69(82)37-39-77(3,74(68)81)62-36-41-78-40-35-60-49-79(61-24-11-6-12-25-61)38-14-13-27-66(79)64-33-32-58-23-16-26-63(67(78)48-62)71(58)72(64)73(60)78/h4-12,16,18-21,23-26,32-33,47,51-52,55,57,59-60,62,65-69,73-75,82,84,86H,13-15,17,22,27-29,34-46,48-50H2,1-3H3/t51-,52-,55+,57+,59+,60-,62-,65+,66-,67+,68-,69+,73-,74+,75+,77+,78+,79+,80-,81+/m1/s1. The lowest BCUT2D eigenvalue weighted by Crippen LogP contribution is -2.77. The minimum atomic E-state index is -1.64. The third-order valence-corrected chi connectivity index (χ3v) is 27.1. The topological polar surface area (TPSA) is 113 Å². The molecular weight excluding hydrogens is 1080 g/mol. The first-order valence-corrected chi connectivity index (χ1v) is 35.1. The number of carbonyl (C=O) groups excluding carboxylic acids is 2. The van der Waals surface area contributed by atoms with Crippen LogP contribution in [0.5, 0.6) is 0 Å². The maximum Gasteiger partial charge on any atom is 0.331 e. The third-order valence-electron chi connectivity index (χ3n) is 27.1. The Hall–Kier alpha value is -5.52. The summed E-state index contributed by atoms with van der Waals surface area (Å²) in [6.07, 6.45) is 19.3. The molecule has 1 spiro atoms. The van der Waals surface area contributed by atoms with E-state index in [1.54, 1.807) is 22.8 Å². The van der Waals surface area contributed by atoms with Crippen molar-refractivity contribution < 1.29 is 34.4 Å². The molecule has 0 unspecified atom stereocenters. The van der Waals surface area contributed by atoms with Gasteiger partial charge in [-0.3, -0.25) is 4.79 Å². The average molecular weight is 1180 g/mol. The summed E-state index contributed by atoms with van der Waals surface area (Å²) < 4.78 is 12.9. The van der Waals surface area contributed by atoms with Crippen LogP contribution < -0.4 is 0 Å². The lowest BCUT2D eigenvalue weighted by molar-refractivity contribution is -0.331. The van der Waals surface area contributed by atoms with Gasteiger partial charge in [0.05, 0.1) is 29.1 Å². The number of ether oxygens (including phenoxy) is 2. The van der Waals surface area contributed by atoms with Crippen LogP contribution in [0.4, 0.5) is 0 Å². The predicted molar refractivity (Wildman–Crippen MR) is 347 cm³/mol. The van der Waals surface area contributed by atoms with Gasteiger partial charge in [0.2, 0.25) is 0 Å². The molecule has 6 saturated carbocycles. The van der Waals surface area contributed by atoms with E-state index >= 15 is 4.79 Å². The zero-order chi connectivity index (χ0) is 60.2. The highest BCUT2D eigenvalue weighted by molar-refractivity contribution is 5.93. The second-order valence-electron chi connectivity index (χ2n) is 31.1. The Morgan fingerprint density at radius 1 is 0.727 bits per heavy atom. The molecule has 2 heterocycles. The number of rotatable bonds is 13. The number of aliphatic hydroxyl groups excluding tert-OH is 2. The molecule has 3 N–H and O–H groups in total. The molecule has 10 aliphatic rings. The monoisotopic (exact) mass is 1180 g/mol. The Balaban J connectivity index is 0.857. The van der Waals surface area contributed by atoms with E-state index in [2.05, 4.69) is 154 Å². The van der Waals surface area contributed by atoms with E-state index in [4.69, 9.17) is 9.47 Å². The Kier molecular flexibility index (Phi) is 15.4. The fourth-order valence-corrected chi connectivity index (χ4v) is 23.3. The second kappa shape index (κ2) is 23.0. The van der Waals surface area contributed by atoms with Crippen molar-refractivity contribution in [3.05, 3.63) is 166 Å². The molecule has 5 aromatic rings. The Labute approximate surface area is 524 Å². The van der Waals surface area contributed by atoms with Crippen LogP contribution in [0.3, 0.4) is 0 Å². The lowest BCUT2D eigenvalue weighted by Gasteiger charge is -2.71. The summed E-state index contributed by atoms with van der Waals surface area (Å²) in [5.41, 5.74) is 6.26. The molecule has 88 heavy (non-hydrogen) atoms. The molecule has 0 saturated heterocycles. The Bertz CT molecular complexity index is 3510. The highest BCUT2D eigenvalue weighted by atomic mass is 16.5. The van der Waals surface area contributed by atoms with Crippen LogP contribution in [-0.4, -0.2) is 57.8 Å². The molecule has 20 atom stereocenters. The zero-order valence-electron chi connectivity index (χ0n) is 52.7. The van der Waals surface area contributed by atoms with Crippen molar-refractivity contribution in [2.75, 3.05) is 6.61 Å². The molecule has 2 aliphatic heterocycles. The van der Waals surface area contributed by atoms with Crippen molar-refractivity contribution in [2.24, 2.45) is 69.5 Å². The molecule has 6 fully saturated rings. The van der Waals surface area contributed by atoms with Crippen LogP contribution in [0, 0.1) is 81.3 Å². The molecule has 0 amide bonds. The van der Waals surface area contributed by atoms with Crippen LogP contribution in [0.15, 0.2) is 133 Å². The molecule has 0 radical (unpaired) electrons. The summed E-state index contributed by atoms with van der Waals surface area (Å²) in [6, 6.07) is 45.4. The van der Waals surface area contributed by atoms with Crippen LogP contribution in [0.25, 0.3) is 10.8 Å². The SMILES string of the molecule is C[C@H](CCCc1ccccc1)C[C@@H]1C#C[C@@H]2CC[C@@H](Cc3ccccc3)C[C@@H]2C(=O)O[C@@H]2C[C@@H](C)[C@](O)(CCC3=CC(=O)OC3)[C@]3([C@@H](O)CC[C@@](C)([C@@H]4CC[C@]56CC[C@@H]7C[C@]8(c9ccccc9)CCCC[C@@H]8c8ccc9cccc(c9c8[C@@H]75)[C@@H]6C4)[C@H]23)[C@H]1O. The quantitative estimate of drug-likeness (QED) is 0.0795. The third kappa shape index (κ3) is 9.41. The van der Waals surface area contributed by atoms with Crippen LogP contribution in [-0.2, 0) is 37.3 Å². The minimum absolute atomic E-state index is 0.0929. The second-order valence-corrected chi connectivity index (χ2v) is 31.1. The number of aryl methyl sites for hydroxylation is 1. The average Bonchev–Trinajstić information content (AvgIpc) is 1.14.